The maximum Gasteiger partial charge on any atom is 0.339 e. The van der Waals surface area contributed by atoms with Crippen LogP contribution in [0.3, 0.4) is 0 Å². The second-order valence-corrected chi connectivity index (χ2v) is 8.73. The van der Waals surface area contributed by atoms with Crippen LogP contribution in [-0.2, 0) is 23.1 Å². The highest BCUT2D eigenvalue weighted by atomic mass is 35.5. The molecule has 2 amide bonds. The normalized spacial score (nSPS) is 15.4. The predicted octanol–water partition coefficient (Wildman–Crippen LogP) is 4.67. The van der Waals surface area contributed by atoms with Crippen molar-refractivity contribution in [2.24, 2.45) is 0 Å². The summed E-state index contributed by atoms with van der Waals surface area (Å²) in [7, 11) is -3.95. The van der Waals surface area contributed by atoms with Crippen LogP contribution in [0.2, 0.25) is 5.02 Å². The maximum atomic E-state index is 13.2. The fourth-order valence-electron chi connectivity index (χ4n) is 3.23. The molecule has 1 aliphatic rings. The number of urea groups is 1. The zero-order valence-electron chi connectivity index (χ0n) is 14.8. The van der Waals surface area contributed by atoms with Gasteiger partial charge in [0.05, 0.1) is 18.8 Å². The van der Waals surface area contributed by atoms with Crippen molar-refractivity contribution in [2.45, 2.75) is 18.0 Å². The summed E-state index contributed by atoms with van der Waals surface area (Å²) in [6, 6.07) is 22.2. The van der Waals surface area contributed by atoms with Crippen molar-refractivity contribution >= 4 is 33.3 Å². The molecule has 0 saturated heterocycles. The van der Waals surface area contributed by atoms with E-state index >= 15 is 0 Å². The van der Waals surface area contributed by atoms with Gasteiger partial charge in [0.1, 0.15) is 4.90 Å². The van der Waals surface area contributed by atoms with E-state index in [2.05, 4.69) is 0 Å². The van der Waals surface area contributed by atoms with E-state index in [1.807, 2.05) is 24.3 Å². The highest BCUT2D eigenvalue weighted by Gasteiger charge is 2.41. The van der Waals surface area contributed by atoms with Gasteiger partial charge in [-0.2, -0.15) is 0 Å². The molecule has 0 N–H and O–H groups in total. The van der Waals surface area contributed by atoms with Crippen LogP contribution in [0.4, 0.5) is 10.5 Å². The van der Waals surface area contributed by atoms with E-state index in [9.17, 15) is 13.2 Å². The fourth-order valence-corrected chi connectivity index (χ4v) is 5.00. The second kappa shape index (κ2) is 7.30. The Balaban J connectivity index is 1.78. The molecule has 0 atom stereocenters. The Labute approximate surface area is 168 Å². The topological polar surface area (TPSA) is 57.7 Å². The van der Waals surface area contributed by atoms with Crippen molar-refractivity contribution in [3.05, 3.63) is 95.0 Å². The summed E-state index contributed by atoms with van der Waals surface area (Å²) in [5.74, 6) is 0. The highest BCUT2D eigenvalue weighted by molar-refractivity contribution is 7.90. The molecule has 1 heterocycles. The molecule has 0 bridgehead atoms. The van der Waals surface area contributed by atoms with Gasteiger partial charge in [-0.3, -0.25) is 4.90 Å². The third-order valence-corrected chi connectivity index (χ3v) is 6.57. The van der Waals surface area contributed by atoms with Gasteiger partial charge in [-0.1, -0.05) is 66.2 Å². The number of nitrogens with zero attached hydrogens (tertiary/aromatic N) is 2. The molecule has 0 radical (unpaired) electrons. The first-order chi connectivity index (χ1) is 13.5. The summed E-state index contributed by atoms with van der Waals surface area (Å²) in [5.41, 5.74) is 1.92. The molecule has 142 valence electrons. The number of hydrogen-bond acceptors (Lipinski definition) is 3. The third kappa shape index (κ3) is 3.37. The van der Waals surface area contributed by atoms with Gasteiger partial charge in [0.25, 0.3) is 10.0 Å². The van der Waals surface area contributed by atoms with Crippen LogP contribution in [0.1, 0.15) is 11.1 Å². The van der Waals surface area contributed by atoms with Crippen LogP contribution in [0.15, 0.2) is 83.8 Å². The Morgan fingerprint density at radius 3 is 2.21 bits per heavy atom. The maximum absolute atomic E-state index is 13.2. The summed E-state index contributed by atoms with van der Waals surface area (Å²) >= 11 is 6.07. The zero-order chi connectivity index (χ0) is 19.7. The molecular weight excluding hydrogens is 396 g/mol. The lowest BCUT2D eigenvalue weighted by Crippen LogP contribution is -2.49. The van der Waals surface area contributed by atoms with E-state index < -0.39 is 16.1 Å². The smallest absolute Gasteiger partial charge is 0.288 e. The number of benzene rings is 3. The van der Waals surface area contributed by atoms with Crippen molar-refractivity contribution in [3.8, 4) is 0 Å². The van der Waals surface area contributed by atoms with Crippen molar-refractivity contribution in [3.63, 3.8) is 0 Å². The van der Waals surface area contributed by atoms with Gasteiger partial charge in [0.2, 0.25) is 0 Å². The van der Waals surface area contributed by atoms with Crippen LogP contribution >= 0.6 is 11.6 Å². The number of fused-ring (bicyclic) bond motifs is 1. The van der Waals surface area contributed by atoms with E-state index in [4.69, 9.17) is 11.6 Å². The third-order valence-electron chi connectivity index (χ3n) is 4.57. The SMILES string of the molecule is O=C1N(Cc2cccc(Cl)c2)c2ccccc2S(=O)(=O)N1Cc1ccccc1. The standard InChI is InChI=1S/C21H17ClN2O3S/c22-18-10-6-9-17(13-18)14-23-19-11-4-5-12-20(19)28(26,27)24(21(23)25)15-16-7-2-1-3-8-16/h1-13H,14-15H2. The minimum atomic E-state index is -3.95. The van der Waals surface area contributed by atoms with E-state index in [1.165, 1.54) is 11.0 Å². The molecule has 7 heteroatoms. The van der Waals surface area contributed by atoms with Crippen molar-refractivity contribution < 1.29 is 13.2 Å². The number of halogens is 1. The summed E-state index contributed by atoms with van der Waals surface area (Å²) in [5, 5.41) is 0.559. The van der Waals surface area contributed by atoms with Gasteiger partial charge in [0.15, 0.2) is 0 Å². The van der Waals surface area contributed by atoms with Crippen LogP contribution in [-0.4, -0.2) is 18.8 Å². The Morgan fingerprint density at radius 2 is 1.46 bits per heavy atom. The van der Waals surface area contributed by atoms with Gasteiger partial charge in [0, 0.05) is 5.02 Å². The lowest BCUT2D eigenvalue weighted by Gasteiger charge is -2.36. The fraction of sp³-hybridized carbons (Fsp3) is 0.0952. The molecule has 0 saturated carbocycles. The van der Waals surface area contributed by atoms with E-state index in [1.54, 1.807) is 48.5 Å². The lowest BCUT2D eigenvalue weighted by molar-refractivity contribution is 0.226. The molecule has 0 spiro atoms. The number of rotatable bonds is 4. The van der Waals surface area contributed by atoms with E-state index in [-0.39, 0.29) is 18.0 Å². The van der Waals surface area contributed by atoms with E-state index in [0.717, 1.165) is 15.4 Å². The molecule has 0 fully saturated rings. The van der Waals surface area contributed by atoms with Crippen LogP contribution in [0.5, 0.6) is 0 Å². The molecule has 4 rings (SSSR count). The van der Waals surface area contributed by atoms with Crippen LogP contribution in [0, 0.1) is 0 Å². The number of anilines is 1. The number of amides is 2. The summed E-state index contributed by atoms with van der Waals surface area (Å²) in [6.45, 7) is 0.194. The first-order valence-corrected chi connectivity index (χ1v) is 10.5. The zero-order valence-corrected chi connectivity index (χ0v) is 16.4. The van der Waals surface area contributed by atoms with E-state index in [0.29, 0.717) is 10.7 Å². The minimum Gasteiger partial charge on any atom is -0.288 e. The molecular formula is C21H17ClN2O3S. The Morgan fingerprint density at radius 1 is 0.786 bits per heavy atom. The molecule has 3 aromatic carbocycles. The lowest BCUT2D eigenvalue weighted by atomic mass is 10.2. The number of carbonyl (C=O) groups is 1. The van der Waals surface area contributed by atoms with Crippen molar-refractivity contribution in [2.75, 3.05) is 4.90 Å². The molecule has 0 unspecified atom stereocenters. The van der Waals surface area contributed by atoms with Crippen LogP contribution < -0.4 is 4.90 Å². The van der Waals surface area contributed by atoms with Crippen molar-refractivity contribution in [1.29, 1.82) is 0 Å². The van der Waals surface area contributed by atoms with Gasteiger partial charge < -0.3 is 0 Å². The summed E-state index contributed by atoms with van der Waals surface area (Å²) in [6.07, 6.45) is 0. The highest BCUT2D eigenvalue weighted by Crippen LogP contribution is 2.36. The quantitative estimate of drug-likeness (QED) is 0.625. The van der Waals surface area contributed by atoms with Crippen LogP contribution in [0.25, 0.3) is 0 Å². The van der Waals surface area contributed by atoms with Gasteiger partial charge in [-0.25, -0.2) is 17.5 Å². The molecule has 0 aromatic heterocycles. The minimum absolute atomic E-state index is 0.0254. The van der Waals surface area contributed by atoms with Gasteiger partial charge in [-0.05, 0) is 35.4 Å². The Hall–Kier alpha value is -2.83. The monoisotopic (exact) mass is 412 g/mol. The number of sulfonamides is 1. The first kappa shape index (κ1) is 18.5. The molecule has 5 nitrogen and oxygen atoms in total. The first-order valence-electron chi connectivity index (χ1n) is 8.68. The molecule has 28 heavy (non-hydrogen) atoms. The predicted molar refractivity (Wildman–Crippen MR) is 109 cm³/mol. The average Bonchev–Trinajstić information content (AvgIpc) is 2.70. The molecule has 1 aliphatic heterocycles. The Bertz CT molecular complexity index is 1130. The summed E-state index contributed by atoms with van der Waals surface area (Å²) < 4.78 is 27.2. The molecule has 0 aliphatic carbocycles. The largest absolute Gasteiger partial charge is 0.339 e. The second-order valence-electron chi connectivity index (χ2n) is 6.46. The summed E-state index contributed by atoms with van der Waals surface area (Å²) in [4.78, 5) is 14.8. The van der Waals surface area contributed by atoms with Gasteiger partial charge in [-0.15, -0.1) is 0 Å². The number of hydrogen-bond donors (Lipinski definition) is 0. The Kier molecular flexibility index (Phi) is 4.83. The van der Waals surface area contributed by atoms with Gasteiger partial charge >= 0.3 is 6.03 Å². The number of para-hydroxylation sites is 1. The number of carbonyl (C=O) groups excluding carboxylic acids is 1. The van der Waals surface area contributed by atoms with Crippen molar-refractivity contribution in [1.82, 2.24) is 4.31 Å². The average molecular weight is 413 g/mol. The molecule has 3 aromatic rings.